The number of fused-ring (bicyclic) bond motifs is 2. The van der Waals surface area contributed by atoms with Crippen molar-refractivity contribution in [1.29, 1.82) is 0 Å². The zero-order valence-corrected chi connectivity index (χ0v) is 18.0. The summed E-state index contributed by atoms with van der Waals surface area (Å²) in [6.07, 6.45) is 6.43. The second-order valence-electron chi connectivity index (χ2n) is 10.1. The first-order valence-electron chi connectivity index (χ1n) is 12.1. The lowest BCUT2D eigenvalue weighted by atomic mass is 9.79. The Bertz CT molecular complexity index is 958. The lowest BCUT2D eigenvalue weighted by molar-refractivity contribution is -0.147. The lowest BCUT2D eigenvalue weighted by Gasteiger charge is -2.34. The van der Waals surface area contributed by atoms with Crippen LogP contribution in [0.2, 0.25) is 0 Å². The Hall–Kier alpha value is -2.17. The average molecular weight is 417 g/mol. The summed E-state index contributed by atoms with van der Waals surface area (Å²) < 4.78 is 0. The van der Waals surface area contributed by atoms with E-state index in [9.17, 15) is 9.90 Å². The molecule has 2 aromatic carbocycles. The Kier molecular flexibility index (Phi) is 4.69. The number of nitrogens with zero attached hydrogens (tertiary/aromatic N) is 1. The molecule has 0 spiro atoms. The largest absolute Gasteiger partial charge is 0.375 e. The summed E-state index contributed by atoms with van der Waals surface area (Å²) >= 11 is 0. The van der Waals surface area contributed by atoms with Gasteiger partial charge in [-0.1, -0.05) is 67.4 Å². The van der Waals surface area contributed by atoms with Gasteiger partial charge in [-0.15, -0.1) is 0 Å². The summed E-state index contributed by atoms with van der Waals surface area (Å²) in [5, 5.41) is 15.0. The third kappa shape index (κ3) is 3.15. The van der Waals surface area contributed by atoms with Gasteiger partial charge in [0.05, 0.1) is 0 Å². The molecule has 1 saturated heterocycles. The SMILES string of the molecule is O=C(N[C@@H]1C2CN(C3CCc4ccccc43)C[C@H]21)C(O)(c1ccccc1)C1CCCC1. The molecule has 4 nitrogen and oxygen atoms in total. The van der Waals surface area contributed by atoms with Crippen molar-refractivity contribution >= 4 is 5.91 Å². The highest BCUT2D eigenvalue weighted by Crippen LogP contribution is 2.51. The fourth-order valence-electron chi connectivity index (χ4n) is 6.79. The van der Waals surface area contributed by atoms with Crippen LogP contribution < -0.4 is 5.32 Å². The molecule has 0 radical (unpaired) electrons. The minimum Gasteiger partial charge on any atom is -0.375 e. The summed E-state index contributed by atoms with van der Waals surface area (Å²) in [5.41, 5.74) is 2.35. The maximum Gasteiger partial charge on any atom is 0.257 e. The summed E-state index contributed by atoms with van der Waals surface area (Å²) in [5.74, 6) is 0.892. The zero-order chi connectivity index (χ0) is 21.0. The first-order chi connectivity index (χ1) is 15.2. The summed E-state index contributed by atoms with van der Waals surface area (Å²) in [7, 11) is 0. The molecule has 1 heterocycles. The molecule has 6 rings (SSSR count). The maximum absolute atomic E-state index is 13.5. The van der Waals surface area contributed by atoms with E-state index in [2.05, 4.69) is 34.5 Å². The number of rotatable bonds is 5. The highest BCUT2D eigenvalue weighted by molar-refractivity contribution is 5.87. The van der Waals surface area contributed by atoms with Crippen LogP contribution in [0.25, 0.3) is 0 Å². The summed E-state index contributed by atoms with van der Waals surface area (Å²) in [6, 6.07) is 19.2. The van der Waals surface area contributed by atoms with Gasteiger partial charge in [-0.05, 0) is 54.2 Å². The number of benzene rings is 2. The van der Waals surface area contributed by atoms with E-state index in [0.717, 1.165) is 44.3 Å². The molecule has 2 aromatic rings. The van der Waals surface area contributed by atoms with Crippen LogP contribution in [0.4, 0.5) is 0 Å². The predicted molar refractivity (Wildman–Crippen MR) is 120 cm³/mol. The van der Waals surface area contributed by atoms with Crippen LogP contribution in [-0.4, -0.2) is 35.0 Å². The minimum atomic E-state index is -1.40. The van der Waals surface area contributed by atoms with Gasteiger partial charge in [-0.25, -0.2) is 0 Å². The Morgan fingerprint density at radius 3 is 2.35 bits per heavy atom. The van der Waals surface area contributed by atoms with Gasteiger partial charge in [0, 0.05) is 31.1 Å². The highest BCUT2D eigenvalue weighted by atomic mass is 16.3. The number of piperidine rings is 1. The number of carbonyl (C=O) groups excluding carboxylic acids is 1. The van der Waals surface area contributed by atoms with Gasteiger partial charge >= 0.3 is 0 Å². The van der Waals surface area contributed by atoms with Crippen LogP contribution in [-0.2, 0) is 16.8 Å². The van der Waals surface area contributed by atoms with E-state index >= 15 is 0 Å². The number of hydrogen-bond donors (Lipinski definition) is 2. The Balaban J connectivity index is 1.14. The third-order valence-corrected chi connectivity index (χ3v) is 8.57. The molecular weight excluding hydrogens is 384 g/mol. The molecule has 4 heteroatoms. The van der Waals surface area contributed by atoms with Gasteiger partial charge in [0.15, 0.2) is 5.60 Å². The van der Waals surface area contributed by atoms with Gasteiger partial charge in [0.25, 0.3) is 5.91 Å². The Morgan fingerprint density at radius 2 is 1.61 bits per heavy atom. The van der Waals surface area contributed by atoms with E-state index < -0.39 is 5.60 Å². The zero-order valence-electron chi connectivity index (χ0n) is 18.0. The van der Waals surface area contributed by atoms with Gasteiger partial charge < -0.3 is 10.4 Å². The van der Waals surface area contributed by atoms with Crippen molar-refractivity contribution in [1.82, 2.24) is 10.2 Å². The molecule has 0 aromatic heterocycles. The van der Waals surface area contributed by atoms with E-state index in [4.69, 9.17) is 0 Å². The highest BCUT2D eigenvalue weighted by Gasteiger charge is 2.59. The smallest absolute Gasteiger partial charge is 0.257 e. The number of likely N-dealkylation sites (tertiary alicyclic amines) is 1. The molecule has 31 heavy (non-hydrogen) atoms. The average Bonchev–Trinajstić information content (AvgIpc) is 3.33. The van der Waals surface area contributed by atoms with E-state index in [-0.39, 0.29) is 17.9 Å². The standard InChI is InChI=1S/C27H32N2O2/c30-26(27(31,20-11-5-6-12-20)19-9-2-1-3-10-19)28-25-22-16-29(17-23(22)25)24-15-14-18-8-4-7-13-21(18)24/h1-4,7-10,13,20,22-25,31H,5-6,11-12,14-17H2,(H,28,30)/t22-,23?,24?,25+,27?/m1/s1. The molecule has 5 atom stereocenters. The molecule has 0 bridgehead atoms. The number of hydrogen-bond acceptors (Lipinski definition) is 3. The molecule has 3 unspecified atom stereocenters. The van der Waals surface area contributed by atoms with Crippen molar-refractivity contribution in [3.8, 4) is 0 Å². The molecule has 2 saturated carbocycles. The number of aryl methyl sites for hydroxylation is 1. The molecule has 1 amide bonds. The first kappa shape index (κ1) is 19.5. The Morgan fingerprint density at radius 1 is 0.935 bits per heavy atom. The van der Waals surface area contributed by atoms with Crippen molar-refractivity contribution in [3.63, 3.8) is 0 Å². The van der Waals surface area contributed by atoms with Crippen LogP contribution in [0, 0.1) is 17.8 Å². The van der Waals surface area contributed by atoms with Crippen LogP contribution in [0.1, 0.15) is 54.8 Å². The minimum absolute atomic E-state index is 0.0139. The van der Waals surface area contributed by atoms with Crippen LogP contribution in [0.5, 0.6) is 0 Å². The quantitative estimate of drug-likeness (QED) is 0.780. The molecule has 162 valence electrons. The monoisotopic (exact) mass is 416 g/mol. The van der Waals surface area contributed by atoms with Gasteiger partial charge in [-0.3, -0.25) is 9.69 Å². The maximum atomic E-state index is 13.5. The molecule has 3 fully saturated rings. The number of aliphatic hydroxyl groups is 1. The molecule has 4 aliphatic rings. The second kappa shape index (κ2) is 7.46. The van der Waals surface area contributed by atoms with E-state index in [1.165, 1.54) is 24.0 Å². The lowest BCUT2D eigenvalue weighted by Crippen LogP contribution is -2.51. The molecule has 3 aliphatic carbocycles. The van der Waals surface area contributed by atoms with Crippen molar-refractivity contribution in [3.05, 3.63) is 71.3 Å². The fraction of sp³-hybridized carbons (Fsp3) is 0.519. The van der Waals surface area contributed by atoms with Crippen LogP contribution >= 0.6 is 0 Å². The van der Waals surface area contributed by atoms with Crippen molar-refractivity contribution in [2.24, 2.45) is 17.8 Å². The van der Waals surface area contributed by atoms with Crippen molar-refractivity contribution in [2.45, 2.75) is 56.2 Å². The molecular formula is C27H32N2O2. The summed E-state index contributed by atoms with van der Waals surface area (Å²) in [4.78, 5) is 16.1. The third-order valence-electron chi connectivity index (χ3n) is 8.57. The van der Waals surface area contributed by atoms with E-state index in [0.29, 0.717) is 17.9 Å². The van der Waals surface area contributed by atoms with Gasteiger partial charge in [0.2, 0.25) is 0 Å². The predicted octanol–water partition coefficient (Wildman–Crippen LogP) is 3.80. The van der Waals surface area contributed by atoms with Gasteiger partial charge in [0.1, 0.15) is 0 Å². The second-order valence-corrected chi connectivity index (χ2v) is 10.1. The molecule has 2 N–H and O–H groups in total. The van der Waals surface area contributed by atoms with E-state index in [1.807, 2.05) is 30.3 Å². The number of carbonyl (C=O) groups is 1. The summed E-state index contributed by atoms with van der Waals surface area (Å²) in [6.45, 7) is 2.11. The van der Waals surface area contributed by atoms with Gasteiger partial charge in [-0.2, -0.15) is 0 Å². The molecule has 1 aliphatic heterocycles. The van der Waals surface area contributed by atoms with E-state index in [1.54, 1.807) is 0 Å². The fourth-order valence-corrected chi connectivity index (χ4v) is 6.79. The van der Waals surface area contributed by atoms with Crippen molar-refractivity contribution < 1.29 is 9.90 Å². The van der Waals surface area contributed by atoms with Crippen LogP contribution in [0.15, 0.2) is 54.6 Å². The Labute approximate surface area is 184 Å². The number of nitrogens with one attached hydrogen (secondary N) is 1. The topological polar surface area (TPSA) is 52.6 Å². The van der Waals surface area contributed by atoms with Crippen LogP contribution in [0.3, 0.4) is 0 Å². The normalized spacial score (nSPS) is 31.8. The first-order valence-corrected chi connectivity index (χ1v) is 12.1. The number of amides is 1. The van der Waals surface area contributed by atoms with Crippen molar-refractivity contribution in [2.75, 3.05) is 13.1 Å².